The van der Waals surface area contributed by atoms with Gasteiger partial charge in [-0.2, -0.15) is 0 Å². The molecule has 0 aliphatic carbocycles. The highest BCUT2D eigenvalue weighted by molar-refractivity contribution is 5.97. The molecule has 3 amide bonds. The maximum absolute atomic E-state index is 13.0. The number of hydrogen-bond donors (Lipinski definition) is 1. The number of amides is 3. The van der Waals surface area contributed by atoms with E-state index in [1.807, 2.05) is 41.3 Å². The molecule has 9 nitrogen and oxygen atoms in total. The second kappa shape index (κ2) is 9.72. The van der Waals surface area contributed by atoms with Gasteiger partial charge in [-0.05, 0) is 42.8 Å². The van der Waals surface area contributed by atoms with Crippen LogP contribution in [0.1, 0.15) is 12.8 Å². The van der Waals surface area contributed by atoms with Crippen molar-refractivity contribution in [2.45, 2.75) is 18.9 Å². The van der Waals surface area contributed by atoms with Gasteiger partial charge in [-0.1, -0.05) is 12.1 Å². The number of anilines is 3. The van der Waals surface area contributed by atoms with Crippen LogP contribution >= 0.6 is 0 Å². The van der Waals surface area contributed by atoms with Gasteiger partial charge in [-0.15, -0.1) is 0 Å². The first-order valence-electron chi connectivity index (χ1n) is 11.7. The maximum atomic E-state index is 13.0. The molecule has 1 unspecified atom stereocenters. The minimum atomic E-state index is -0.682. The second-order valence-electron chi connectivity index (χ2n) is 8.64. The van der Waals surface area contributed by atoms with E-state index in [2.05, 4.69) is 5.32 Å². The molecule has 0 aromatic heterocycles. The Morgan fingerprint density at radius 1 is 1.00 bits per heavy atom. The van der Waals surface area contributed by atoms with Gasteiger partial charge in [0.1, 0.15) is 5.75 Å². The molecule has 0 radical (unpaired) electrons. The van der Waals surface area contributed by atoms with E-state index in [4.69, 9.17) is 9.47 Å². The fraction of sp³-hybridized carbons (Fsp3) is 0.400. The van der Waals surface area contributed by atoms with Crippen LogP contribution < -0.4 is 19.9 Å². The highest BCUT2D eigenvalue weighted by Gasteiger charge is 2.34. The molecular formula is C25H28N4O5. The predicted molar refractivity (Wildman–Crippen MR) is 127 cm³/mol. The minimum Gasteiger partial charge on any atom is -0.477 e. The van der Waals surface area contributed by atoms with E-state index in [0.29, 0.717) is 44.2 Å². The number of para-hydroxylation sites is 2. The van der Waals surface area contributed by atoms with Crippen LogP contribution in [0.3, 0.4) is 0 Å². The number of ether oxygens (including phenoxy) is 2. The van der Waals surface area contributed by atoms with Crippen LogP contribution in [0, 0.1) is 0 Å². The van der Waals surface area contributed by atoms with Crippen LogP contribution in [-0.2, 0) is 19.1 Å². The van der Waals surface area contributed by atoms with Gasteiger partial charge in [0, 0.05) is 37.4 Å². The molecule has 2 fully saturated rings. The molecule has 2 saturated heterocycles. The standard InChI is InChI=1S/C25H28N4O5/c30-23(26-18-7-9-19(10-8-18)29-11-3-6-24(29)31)17-28-16-22(25(32)27-12-14-33-15-13-27)34-21-5-2-1-4-20(21)28/h1-2,4-5,7-10,22H,3,6,11-17H2,(H,26,30). The molecule has 0 bridgehead atoms. The minimum absolute atomic E-state index is 0.0830. The number of hydrogen-bond acceptors (Lipinski definition) is 6. The summed E-state index contributed by atoms with van der Waals surface area (Å²) in [6.45, 7) is 3.22. The molecule has 9 heteroatoms. The lowest BCUT2D eigenvalue weighted by molar-refractivity contribution is -0.142. The molecule has 5 rings (SSSR count). The molecule has 3 aliphatic heterocycles. The van der Waals surface area contributed by atoms with Crippen molar-refractivity contribution in [2.24, 2.45) is 0 Å². The molecule has 3 heterocycles. The van der Waals surface area contributed by atoms with E-state index >= 15 is 0 Å². The van der Waals surface area contributed by atoms with E-state index in [0.717, 1.165) is 24.3 Å². The Morgan fingerprint density at radius 2 is 1.76 bits per heavy atom. The van der Waals surface area contributed by atoms with Gasteiger partial charge in [0.2, 0.25) is 11.8 Å². The Bertz CT molecular complexity index is 1070. The summed E-state index contributed by atoms with van der Waals surface area (Å²) >= 11 is 0. The topological polar surface area (TPSA) is 91.4 Å². The van der Waals surface area contributed by atoms with Crippen molar-refractivity contribution in [3.63, 3.8) is 0 Å². The Morgan fingerprint density at radius 3 is 2.50 bits per heavy atom. The SMILES string of the molecule is O=C(CN1CC(C(=O)N2CCOCC2)Oc2ccccc21)Nc1ccc(N2CCCC2=O)cc1. The molecule has 2 aromatic carbocycles. The van der Waals surface area contributed by atoms with E-state index in [1.54, 1.807) is 21.9 Å². The summed E-state index contributed by atoms with van der Waals surface area (Å²) in [5.74, 6) is 0.436. The molecule has 0 spiro atoms. The summed E-state index contributed by atoms with van der Waals surface area (Å²) in [5, 5.41) is 2.92. The monoisotopic (exact) mass is 464 g/mol. The molecule has 1 atom stereocenters. The van der Waals surface area contributed by atoms with E-state index in [1.165, 1.54) is 0 Å². The van der Waals surface area contributed by atoms with Crippen LogP contribution in [0.4, 0.5) is 17.1 Å². The maximum Gasteiger partial charge on any atom is 0.265 e. The Balaban J connectivity index is 1.25. The number of nitrogens with one attached hydrogen (secondary N) is 1. The number of nitrogens with zero attached hydrogens (tertiary/aromatic N) is 3. The zero-order valence-corrected chi connectivity index (χ0v) is 18.9. The van der Waals surface area contributed by atoms with Gasteiger partial charge in [-0.3, -0.25) is 14.4 Å². The van der Waals surface area contributed by atoms with E-state index < -0.39 is 6.10 Å². The third-order valence-corrected chi connectivity index (χ3v) is 6.33. The van der Waals surface area contributed by atoms with Crippen LogP contribution in [0.15, 0.2) is 48.5 Å². The quantitative estimate of drug-likeness (QED) is 0.727. The van der Waals surface area contributed by atoms with Crippen LogP contribution in [0.2, 0.25) is 0 Å². The summed E-state index contributed by atoms with van der Waals surface area (Å²) in [4.78, 5) is 43.3. The molecule has 178 valence electrons. The van der Waals surface area contributed by atoms with Crippen LogP contribution in [0.5, 0.6) is 5.75 Å². The van der Waals surface area contributed by atoms with Gasteiger partial charge < -0.3 is 29.5 Å². The predicted octanol–water partition coefficient (Wildman–Crippen LogP) is 1.88. The molecule has 0 saturated carbocycles. The molecule has 1 N–H and O–H groups in total. The smallest absolute Gasteiger partial charge is 0.265 e. The fourth-order valence-corrected chi connectivity index (χ4v) is 4.59. The highest BCUT2D eigenvalue weighted by Crippen LogP contribution is 2.33. The highest BCUT2D eigenvalue weighted by atomic mass is 16.5. The van der Waals surface area contributed by atoms with Crippen molar-refractivity contribution in [3.8, 4) is 5.75 Å². The zero-order chi connectivity index (χ0) is 23.5. The van der Waals surface area contributed by atoms with Gasteiger partial charge in [0.15, 0.2) is 6.10 Å². The molecule has 2 aromatic rings. The summed E-state index contributed by atoms with van der Waals surface area (Å²) in [6.07, 6.45) is 0.764. The summed E-state index contributed by atoms with van der Waals surface area (Å²) in [7, 11) is 0. The molecule has 34 heavy (non-hydrogen) atoms. The first-order chi connectivity index (χ1) is 16.6. The normalized spacial score (nSPS) is 20.1. The Labute approximate surface area is 198 Å². The third kappa shape index (κ3) is 4.70. The van der Waals surface area contributed by atoms with Gasteiger partial charge >= 0.3 is 0 Å². The van der Waals surface area contributed by atoms with E-state index in [-0.39, 0.29) is 30.8 Å². The largest absolute Gasteiger partial charge is 0.477 e. The number of benzene rings is 2. The number of carbonyl (C=O) groups is 3. The van der Waals surface area contributed by atoms with E-state index in [9.17, 15) is 14.4 Å². The van der Waals surface area contributed by atoms with Crippen molar-refractivity contribution in [3.05, 3.63) is 48.5 Å². The number of carbonyl (C=O) groups excluding carboxylic acids is 3. The van der Waals surface area contributed by atoms with Crippen molar-refractivity contribution < 1.29 is 23.9 Å². The van der Waals surface area contributed by atoms with Crippen LogP contribution in [0.25, 0.3) is 0 Å². The van der Waals surface area contributed by atoms with Crippen LogP contribution in [-0.4, -0.2) is 74.7 Å². The van der Waals surface area contributed by atoms with Crippen molar-refractivity contribution >= 4 is 34.8 Å². The lowest BCUT2D eigenvalue weighted by Gasteiger charge is -2.38. The summed E-state index contributed by atoms with van der Waals surface area (Å²) in [6, 6.07) is 14.7. The summed E-state index contributed by atoms with van der Waals surface area (Å²) < 4.78 is 11.4. The lowest BCUT2D eigenvalue weighted by atomic mass is 10.1. The Kier molecular flexibility index (Phi) is 6.35. The summed E-state index contributed by atoms with van der Waals surface area (Å²) in [5.41, 5.74) is 2.28. The second-order valence-corrected chi connectivity index (χ2v) is 8.64. The Hall–Kier alpha value is -3.59. The number of rotatable bonds is 5. The first kappa shape index (κ1) is 22.2. The average Bonchev–Trinajstić information content (AvgIpc) is 3.30. The fourth-order valence-electron chi connectivity index (χ4n) is 4.59. The average molecular weight is 465 g/mol. The van der Waals surface area contributed by atoms with Crippen molar-refractivity contribution in [2.75, 3.05) is 61.1 Å². The number of fused-ring (bicyclic) bond motifs is 1. The van der Waals surface area contributed by atoms with Gasteiger partial charge in [-0.25, -0.2) is 0 Å². The van der Waals surface area contributed by atoms with Gasteiger partial charge in [0.25, 0.3) is 5.91 Å². The third-order valence-electron chi connectivity index (χ3n) is 6.33. The number of morpholine rings is 1. The lowest BCUT2D eigenvalue weighted by Crippen LogP contribution is -2.53. The first-order valence-corrected chi connectivity index (χ1v) is 11.7. The zero-order valence-electron chi connectivity index (χ0n) is 18.9. The molecule has 3 aliphatic rings. The van der Waals surface area contributed by atoms with Crippen molar-refractivity contribution in [1.82, 2.24) is 4.90 Å². The van der Waals surface area contributed by atoms with Crippen molar-refractivity contribution in [1.29, 1.82) is 0 Å². The van der Waals surface area contributed by atoms with Gasteiger partial charge in [0.05, 0.1) is 32.0 Å². The molecular weight excluding hydrogens is 436 g/mol.